The van der Waals surface area contributed by atoms with E-state index < -0.39 is 11.6 Å². The fraction of sp³-hybridized carbons (Fsp3) is 0.389. The molecule has 1 aliphatic rings. The number of rotatable bonds is 3. The molecule has 0 spiro atoms. The molecule has 1 aromatic carbocycles. The normalized spacial score (nSPS) is 15.8. The van der Waals surface area contributed by atoms with Crippen molar-refractivity contribution in [2.45, 2.75) is 19.3 Å². The van der Waals surface area contributed by atoms with Gasteiger partial charge in [0.15, 0.2) is 17.3 Å². The second-order valence-electron chi connectivity index (χ2n) is 6.69. The number of hydrogen-bond acceptors (Lipinski definition) is 4. The van der Waals surface area contributed by atoms with Gasteiger partial charge in [0, 0.05) is 20.1 Å². The molecule has 1 saturated heterocycles. The average Bonchev–Trinajstić information content (AvgIpc) is 2.93. The molecule has 1 aliphatic heterocycles. The summed E-state index contributed by atoms with van der Waals surface area (Å²) in [5, 5.41) is 5.29. The van der Waals surface area contributed by atoms with Crippen LogP contribution < -0.4 is 4.90 Å². The van der Waals surface area contributed by atoms with E-state index in [1.807, 2.05) is 7.05 Å². The molecule has 0 unspecified atom stereocenters. The van der Waals surface area contributed by atoms with Crippen LogP contribution in [-0.4, -0.2) is 32.8 Å². The van der Waals surface area contributed by atoms with Crippen LogP contribution in [0.3, 0.4) is 0 Å². The van der Waals surface area contributed by atoms with Gasteiger partial charge in [0.05, 0.1) is 5.39 Å². The monoisotopic (exact) mass is 421 g/mol. The summed E-state index contributed by atoms with van der Waals surface area (Å²) in [7, 11) is 1.86. The van der Waals surface area contributed by atoms with Gasteiger partial charge < -0.3 is 4.90 Å². The maximum absolute atomic E-state index is 13.4. The molecule has 0 atom stereocenters. The quantitative estimate of drug-likeness (QED) is 0.643. The molecule has 4 rings (SSSR count). The van der Waals surface area contributed by atoms with Crippen molar-refractivity contribution in [3.8, 4) is 0 Å². The third-order valence-corrected chi connectivity index (χ3v) is 5.54. The highest BCUT2D eigenvalue weighted by atomic mass is 79.9. The zero-order valence-corrected chi connectivity index (χ0v) is 15.9. The summed E-state index contributed by atoms with van der Waals surface area (Å²) in [4.78, 5) is 11.0. The Balaban J connectivity index is 1.48. The number of fused-ring (bicyclic) bond motifs is 1. The van der Waals surface area contributed by atoms with E-state index in [-0.39, 0.29) is 0 Å². The van der Waals surface area contributed by atoms with Crippen molar-refractivity contribution in [1.29, 1.82) is 0 Å². The highest BCUT2D eigenvalue weighted by Gasteiger charge is 2.24. The second-order valence-corrected chi connectivity index (χ2v) is 7.44. The van der Waals surface area contributed by atoms with Crippen LogP contribution in [0.4, 0.5) is 14.6 Å². The van der Waals surface area contributed by atoms with Crippen molar-refractivity contribution in [2.24, 2.45) is 13.0 Å². The SMILES string of the molecule is Cn1nc(Br)c2c(N3CCC(Cc4ccc(F)c(F)c4)CC3)ncnc21. The Hall–Kier alpha value is -2.09. The first-order valence-corrected chi connectivity index (χ1v) is 9.34. The van der Waals surface area contributed by atoms with Crippen molar-refractivity contribution >= 4 is 32.8 Å². The van der Waals surface area contributed by atoms with E-state index >= 15 is 0 Å². The lowest BCUT2D eigenvalue weighted by atomic mass is 9.90. The summed E-state index contributed by atoms with van der Waals surface area (Å²) in [6.07, 6.45) is 4.28. The molecule has 0 bridgehead atoms. The molecule has 5 nitrogen and oxygen atoms in total. The van der Waals surface area contributed by atoms with Crippen molar-refractivity contribution in [3.63, 3.8) is 0 Å². The summed E-state index contributed by atoms with van der Waals surface area (Å²) < 4.78 is 29.0. The van der Waals surface area contributed by atoms with Crippen LogP contribution in [0.25, 0.3) is 11.0 Å². The standard InChI is InChI=1S/C18H18BrF2N5/c1-25-17-15(16(19)24-25)18(23-10-22-17)26-6-4-11(5-7-26)8-12-2-3-13(20)14(21)9-12/h2-3,9-11H,4-8H2,1H3. The van der Waals surface area contributed by atoms with Crippen molar-refractivity contribution in [2.75, 3.05) is 18.0 Å². The molecule has 0 amide bonds. The van der Waals surface area contributed by atoms with Crippen molar-refractivity contribution in [3.05, 3.63) is 46.3 Å². The largest absolute Gasteiger partial charge is 0.356 e. The lowest BCUT2D eigenvalue weighted by Gasteiger charge is -2.33. The Morgan fingerprint density at radius 2 is 1.92 bits per heavy atom. The zero-order chi connectivity index (χ0) is 18.3. The molecule has 1 fully saturated rings. The summed E-state index contributed by atoms with van der Waals surface area (Å²) in [6.45, 7) is 1.73. The van der Waals surface area contributed by atoms with Gasteiger partial charge in [-0.05, 0) is 58.8 Å². The summed E-state index contributed by atoms with van der Waals surface area (Å²) in [5.74, 6) is -0.227. The van der Waals surface area contributed by atoms with Crippen LogP contribution in [-0.2, 0) is 13.5 Å². The Labute approximate surface area is 158 Å². The maximum atomic E-state index is 13.4. The first-order valence-electron chi connectivity index (χ1n) is 8.55. The summed E-state index contributed by atoms with van der Waals surface area (Å²) >= 11 is 3.50. The molecule has 2 aromatic heterocycles. The number of aryl methyl sites for hydroxylation is 1. The third-order valence-electron chi connectivity index (χ3n) is 4.98. The molecular formula is C18H18BrF2N5. The van der Waals surface area contributed by atoms with Crippen LogP contribution >= 0.6 is 15.9 Å². The number of hydrogen-bond donors (Lipinski definition) is 0. The van der Waals surface area contributed by atoms with E-state index in [1.165, 1.54) is 12.1 Å². The molecular weight excluding hydrogens is 404 g/mol. The van der Waals surface area contributed by atoms with Gasteiger partial charge in [0.1, 0.15) is 16.7 Å². The van der Waals surface area contributed by atoms with E-state index in [2.05, 4.69) is 35.9 Å². The van der Waals surface area contributed by atoms with Crippen molar-refractivity contribution < 1.29 is 8.78 Å². The van der Waals surface area contributed by atoms with Gasteiger partial charge in [-0.3, -0.25) is 0 Å². The highest BCUT2D eigenvalue weighted by Crippen LogP contribution is 2.32. The Morgan fingerprint density at radius 1 is 1.15 bits per heavy atom. The first kappa shape index (κ1) is 17.3. The van der Waals surface area contributed by atoms with Gasteiger partial charge in [0.25, 0.3) is 0 Å². The van der Waals surface area contributed by atoms with E-state index in [1.54, 1.807) is 17.1 Å². The smallest absolute Gasteiger partial charge is 0.164 e. The molecule has 0 radical (unpaired) electrons. The molecule has 8 heteroatoms. The summed E-state index contributed by atoms with van der Waals surface area (Å²) in [6, 6.07) is 4.19. The lowest BCUT2D eigenvalue weighted by molar-refractivity contribution is 0.401. The molecule has 26 heavy (non-hydrogen) atoms. The zero-order valence-electron chi connectivity index (χ0n) is 14.3. The molecule has 0 saturated carbocycles. The van der Waals surface area contributed by atoms with Crippen LogP contribution in [0.1, 0.15) is 18.4 Å². The first-order chi connectivity index (χ1) is 12.5. The summed E-state index contributed by atoms with van der Waals surface area (Å²) in [5.41, 5.74) is 1.65. The van der Waals surface area contributed by atoms with Crippen LogP contribution in [0, 0.1) is 17.6 Å². The van der Waals surface area contributed by atoms with E-state index in [4.69, 9.17) is 0 Å². The van der Waals surface area contributed by atoms with Gasteiger partial charge in [-0.2, -0.15) is 5.10 Å². The number of nitrogens with zero attached hydrogens (tertiary/aromatic N) is 5. The van der Waals surface area contributed by atoms with Crippen LogP contribution in [0.2, 0.25) is 0 Å². The van der Waals surface area contributed by atoms with Crippen LogP contribution in [0.5, 0.6) is 0 Å². The fourth-order valence-corrected chi connectivity index (χ4v) is 4.21. The Kier molecular flexibility index (Phi) is 4.60. The second kappa shape index (κ2) is 6.90. The van der Waals surface area contributed by atoms with Crippen LogP contribution in [0.15, 0.2) is 29.1 Å². The van der Waals surface area contributed by atoms with Gasteiger partial charge in [-0.25, -0.2) is 23.4 Å². The van der Waals surface area contributed by atoms with Gasteiger partial charge in [0.2, 0.25) is 0 Å². The van der Waals surface area contributed by atoms with E-state index in [0.29, 0.717) is 5.92 Å². The number of benzene rings is 1. The Bertz CT molecular complexity index is 950. The lowest BCUT2D eigenvalue weighted by Crippen LogP contribution is -2.35. The number of halogens is 3. The van der Waals surface area contributed by atoms with Gasteiger partial charge >= 0.3 is 0 Å². The van der Waals surface area contributed by atoms with Gasteiger partial charge in [-0.1, -0.05) is 6.07 Å². The topological polar surface area (TPSA) is 46.8 Å². The maximum Gasteiger partial charge on any atom is 0.164 e. The molecule has 0 N–H and O–H groups in total. The highest BCUT2D eigenvalue weighted by molar-refractivity contribution is 9.10. The minimum absolute atomic E-state index is 0.450. The van der Waals surface area contributed by atoms with E-state index in [0.717, 1.165) is 59.4 Å². The minimum Gasteiger partial charge on any atom is -0.356 e. The minimum atomic E-state index is -0.793. The third kappa shape index (κ3) is 3.18. The van der Waals surface area contributed by atoms with Crippen molar-refractivity contribution in [1.82, 2.24) is 19.7 Å². The fourth-order valence-electron chi connectivity index (χ4n) is 3.61. The molecule has 0 aliphatic carbocycles. The number of aromatic nitrogens is 4. The van der Waals surface area contributed by atoms with E-state index in [9.17, 15) is 8.78 Å². The predicted molar refractivity (Wildman–Crippen MR) is 99.0 cm³/mol. The molecule has 136 valence electrons. The number of piperidine rings is 1. The number of anilines is 1. The molecule has 3 heterocycles. The predicted octanol–water partition coefficient (Wildman–Crippen LogP) is 3.86. The van der Waals surface area contributed by atoms with Gasteiger partial charge in [-0.15, -0.1) is 0 Å². The molecule has 3 aromatic rings. The Morgan fingerprint density at radius 3 is 2.65 bits per heavy atom. The average molecular weight is 422 g/mol.